The maximum atomic E-state index is 13.4. The van der Waals surface area contributed by atoms with Crippen molar-refractivity contribution in [1.82, 2.24) is 10.6 Å². The van der Waals surface area contributed by atoms with E-state index in [0.717, 1.165) is 5.32 Å². The molecule has 0 aromatic heterocycles. The van der Waals surface area contributed by atoms with Gasteiger partial charge in [0.25, 0.3) is 11.6 Å². The van der Waals surface area contributed by atoms with Crippen LogP contribution < -0.4 is 10.6 Å². The van der Waals surface area contributed by atoms with Gasteiger partial charge in [0.05, 0.1) is 0 Å². The minimum Gasteiger partial charge on any atom is -0.363 e. The van der Waals surface area contributed by atoms with Gasteiger partial charge in [0, 0.05) is 7.05 Å². The fourth-order valence-electron chi connectivity index (χ4n) is 1.20. The average molecular weight is 336 g/mol. The van der Waals surface area contributed by atoms with Crippen LogP contribution in [0.4, 0.5) is 39.5 Å². The number of halogens is 9. The molecule has 0 radical (unpaired) electrons. The van der Waals surface area contributed by atoms with Crippen LogP contribution in [0, 0.1) is 0 Å². The van der Waals surface area contributed by atoms with Crippen molar-refractivity contribution in [3.8, 4) is 0 Å². The Bertz CT molecular complexity index is 409. The minimum absolute atomic E-state index is 0.283. The number of hydrogen-bond donors (Lipinski definition) is 3. The first-order chi connectivity index (χ1) is 9.04. The van der Waals surface area contributed by atoms with Gasteiger partial charge in [-0.05, 0) is 7.05 Å². The summed E-state index contributed by atoms with van der Waals surface area (Å²) in [5, 5.41) is 11.3. The molecule has 0 heterocycles. The van der Waals surface area contributed by atoms with Crippen LogP contribution in [0.1, 0.15) is 0 Å². The molecule has 1 amide bonds. The molecule has 21 heavy (non-hydrogen) atoms. The highest BCUT2D eigenvalue weighted by Crippen LogP contribution is 2.55. The summed E-state index contributed by atoms with van der Waals surface area (Å²) in [6.07, 6.45) is -7.04. The van der Waals surface area contributed by atoms with E-state index in [-0.39, 0.29) is 7.05 Å². The van der Waals surface area contributed by atoms with E-state index < -0.39 is 35.6 Å². The molecule has 0 saturated heterocycles. The van der Waals surface area contributed by atoms with E-state index in [0.29, 0.717) is 7.05 Å². The zero-order valence-corrected chi connectivity index (χ0v) is 10.3. The third-order valence-corrected chi connectivity index (χ3v) is 2.52. The lowest BCUT2D eigenvalue weighted by Gasteiger charge is -2.40. The zero-order chi connectivity index (χ0) is 17.5. The molecule has 1 atom stereocenters. The van der Waals surface area contributed by atoms with E-state index in [2.05, 4.69) is 0 Å². The normalized spacial score (nSPS) is 17.3. The highest BCUT2D eigenvalue weighted by molar-refractivity contribution is 5.85. The molecule has 0 rings (SSSR count). The number of hydrogen-bond acceptors (Lipinski definition) is 3. The van der Waals surface area contributed by atoms with Gasteiger partial charge < -0.3 is 10.4 Å². The maximum absolute atomic E-state index is 13.4. The standard InChI is InChI=1S/C8H9F9N2O2/c1-18-3(20)4(21,19-2)5(9,10)6(11,12)7(13,14)8(15,16)17/h19,21H,1-2H3,(H,18,20)/t4-/m0/s1. The van der Waals surface area contributed by atoms with Crippen LogP contribution in [-0.2, 0) is 4.79 Å². The summed E-state index contributed by atoms with van der Waals surface area (Å²) in [5.41, 5.74) is -4.71. The second-order valence-corrected chi connectivity index (χ2v) is 3.76. The van der Waals surface area contributed by atoms with Gasteiger partial charge >= 0.3 is 23.9 Å². The Morgan fingerprint density at radius 3 is 1.43 bits per heavy atom. The Morgan fingerprint density at radius 2 is 1.19 bits per heavy atom. The van der Waals surface area contributed by atoms with Gasteiger partial charge in [-0.2, -0.15) is 39.5 Å². The SMILES string of the molecule is CNC(=O)[C@@](O)(NC)C(F)(F)C(F)(F)C(F)(F)C(F)(F)F. The van der Waals surface area contributed by atoms with E-state index in [1.54, 1.807) is 0 Å². The Kier molecular flexibility index (Phi) is 4.89. The summed E-state index contributed by atoms with van der Waals surface area (Å²) in [4.78, 5) is 11.0. The number of nitrogens with one attached hydrogen (secondary N) is 2. The number of rotatable bonds is 5. The third-order valence-electron chi connectivity index (χ3n) is 2.52. The van der Waals surface area contributed by atoms with Crippen molar-refractivity contribution >= 4 is 5.91 Å². The predicted octanol–water partition coefficient (Wildman–Crippen LogP) is 1.11. The van der Waals surface area contributed by atoms with Crippen molar-refractivity contribution in [2.45, 2.75) is 29.7 Å². The highest BCUT2D eigenvalue weighted by Gasteiger charge is 2.86. The topological polar surface area (TPSA) is 61.4 Å². The van der Waals surface area contributed by atoms with Crippen LogP contribution in [0.25, 0.3) is 0 Å². The van der Waals surface area contributed by atoms with E-state index in [4.69, 9.17) is 5.11 Å². The molecule has 0 aliphatic rings. The lowest BCUT2D eigenvalue weighted by atomic mass is 9.93. The summed E-state index contributed by atoms with van der Waals surface area (Å²) in [5.74, 6) is -23.2. The van der Waals surface area contributed by atoms with Gasteiger partial charge in [0.15, 0.2) is 0 Å². The van der Waals surface area contributed by atoms with Crippen LogP contribution in [-0.4, -0.2) is 54.8 Å². The molecule has 13 heteroatoms. The van der Waals surface area contributed by atoms with Crippen molar-refractivity contribution < 1.29 is 49.4 Å². The molecule has 0 bridgehead atoms. The van der Waals surface area contributed by atoms with Crippen LogP contribution in [0.15, 0.2) is 0 Å². The Hall–Kier alpha value is -1.24. The van der Waals surface area contributed by atoms with Crippen molar-refractivity contribution in [1.29, 1.82) is 0 Å². The number of carbonyl (C=O) groups excluding carboxylic acids is 1. The predicted molar refractivity (Wildman–Crippen MR) is 49.0 cm³/mol. The molecule has 0 spiro atoms. The van der Waals surface area contributed by atoms with E-state index in [1.807, 2.05) is 0 Å². The maximum Gasteiger partial charge on any atom is 0.460 e. The molecule has 0 saturated carbocycles. The van der Waals surface area contributed by atoms with Crippen molar-refractivity contribution in [3.63, 3.8) is 0 Å². The highest BCUT2D eigenvalue weighted by atomic mass is 19.4. The first-order valence-electron chi connectivity index (χ1n) is 4.88. The van der Waals surface area contributed by atoms with Crippen molar-refractivity contribution in [3.05, 3.63) is 0 Å². The summed E-state index contributed by atoms with van der Waals surface area (Å²) in [7, 11) is 0.839. The molecular weight excluding hydrogens is 327 g/mol. The summed E-state index contributed by atoms with van der Waals surface area (Å²) in [6.45, 7) is 0. The lowest BCUT2D eigenvalue weighted by Crippen LogP contribution is -2.76. The Balaban J connectivity index is 6.16. The van der Waals surface area contributed by atoms with Gasteiger partial charge in [-0.1, -0.05) is 0 Å². The summed E-state index contributed by atoms with van der Waals surface area (Å²) in [6, 6.07) is 0. The van der Waals surface area contributed by atoms with E-state index >= 15 is 0 Å². The minimum atomic E-state index is -7.21. The van der Waals surface area contributed by atoms with Crippen molar-refractivity contribution in [2.75, 3.05) is 14.1 Å². The second-order valence-electron chi connectivity index (χ2n) is 3.76. The van der Waals surface area contributed by atoms with E-state index in [1.165, 1.54) is 5.32 Å². The van der Waals surface area contributed by atoms with Gasteiger partial charge in [-0.25, -0.2) is 0 Å². The third kappa shape index (κ3) is 2.52. The fraction of sp³-hybridized carbons (Fsp3) is 0.875. The quantitative estimate of drug-likeness (QED) is 0.521. The molecule has 4 nitrogen and oxygen atoms in total. The van der Waals surface area contributed by atoms with Crippen LogP contribution in [0.3, 0.4) is 0 Å². The van der Waals surface area contributed by atoms with Crippen LogP contribution in [0.2, 0.25) is 0 Å². The fourth-order valence-corrected chi connectivity index (χ4v) is 1.20. The monoisotopic (exact) mass is 336 g/mol. The molecular formula is C8H9F9N2O2. The number of alkyl halides is 9. The molecule has 0 aliphatic heterocycles. The van der Waals surface area contributed by atoms with Crippen LogP contribution in [0.5, 0.6) is 0 Å². The molecule has 0 aromatic rings. The molecule has 3 N–H and O–H groups in total. The molecule has 126 valence electrons. The zero-order valence-electron chi connectivity index (χ0n) is 10.3. The first-order valence-corrected chi connectivity index (χ1v) is 4.88. The van der Waals surface area contributed by atoms with Crippen molar-refractivity contribution in [2.24, 2.45) is 0 Å². The Morgan fingerprint density at radius 1 is 0.810 bits per heavy atom. The first kappa shape index (κ1) is 19.8. The van der Waals surface area contributed by atoms with E-state index in [9.17, 15) is 44.3 Å². The number of likely N-dealkylation sites (N-methyl/N-ethyl adjacent to an activating group) is 2. The van der Waals surface area contributed by atoms with Gasteiger partial charge in [0.1, 0.15) is 0 Å². The number of amides is 1. The summed E-state index contributed by atoms with van der Waals surface area (Å²) >= 11 is 0. The molecule has 0 fully saturated rings. The van der Waals surface area contributed by atoms with Gasteiger partial charge in [0.2, 0.25) is 0 Å². The second kappa shape index (κ2) is 5.19. The number of aliphatic hydroxyl groups is 1. The lowest BCUT2D eigenvalue weighted by molar-refractivity contribution is -0.414. The van der Waals surface area contributed by atoms with Gasteiger partial charge in [-0.3, -0.25) is 10.1 Å². The van der Waals surface area contributed by atoms with Crippen LogP contribution >= 0.6 is 0 Å². The molecule has 0 aromatic carbocycles. The number of carbonyl (C=O) groups is 1. The summed E-state index contributed by atoms with van der Waals surface area (Å²) < 4.78 is 114. The largest absolute Gasteiger partial charge is 0.460 e. The van der Waals surface area contributed by atoms with Gasteiger partial charge in [-0.15, -0.1) is 0 Å². The average Bonchev–Trinajstić information content (AvgIpc) is 2.34. The smallest absolute Gasteiger partial charge is 0.363 e. The Labute approximate surface area is 111 Å². The molecule has 0 aliphatic carbocycles. The molecule has 0 unspecified atom stereocenters.